The van der Waals surface area contributed by atoms with Crippen LogP contribution in [0.2, 0.25) is 0 Å². The quantitative estimate of drug-likeness (QED) is 0.489. The van der Waals surface area contributed by atoms with E-state index in [4.69, 9.17) is 4.98 Å². The topological polar surface area (TPSA) is 75.5 Å². The van der Waals surface area contributed by atoms with Gasteiger partial charge in [0.25, 0.3) is 0 Å². The second kappa shape index (κ2) is 9.93. The highest BCUT2D eigenvalue weighted by Gasteiger charge is 2.30. The molecule has 1 aromatic heterocycles. The Morgan fingerprint density at radius 3 is 2.24 bits per heavy atom. The third-order valence-electron chi connectivity index (χ3n) is 6.41. The van der Waals surface area contributed by atoms with E-state index in [1.165, 1.54) is 21.8 Å². The number of benzene rings is 2. The van der Waals surface area contributed by atoms with Crippen LogP contribution >= 0.6 is 11.8 Å². The van der Waals surface area contributed by atoms with E-state index in [2.05, 4.69) is 16.7 Å². The molecule has 1 saturated heterocycles. The van der Waals surface area contributed by atoms with Gasteiger partial charge in [-0.25, -0.2) is 13.4 Å². The number of imidazole rings is 1. The molecule has 0 bridgehead atoms. The fourth-order valence-electron chi connectivity index (χ4n) is 4.59. The Hall–Kier alpha value is -2.62. The SMILES string of the molecule is O=C(CSc1nc2c(n1-c1ccccc1)CCCC2)N1CCN(S(=O)(=O)c2ccccc2)CC1. The molecule has 0 saturated carbocycles. The summed E-state index contributed by atoms with van der Waals surface area (Å²) in [6.45, 7) is 1.41. The molecule has 3 aromatic rings. The Morgan fingerprint density at radius 2 is 1.53 bits per heavy atom. The van der Waals surface area contributed by atoms with Gasteiger partial charge in [0, 0.05) is 37.6 Å². The lowest BCUT2D eigenvalue weighted by molar-refractivity contribution is -0.129. The van der Waals surface area contributed by atoms with Gasteiger partial charge in [-0.3, -0.25) is 9.36 Å². The average Bonchev–Trinajstić information content (AvgIpc) is 3.27. The molecule has 1 amide bonds. The molecular formula is C25H28N4O3S2. The van der Waals surface area contributed by atoms with Crippen molar-refractivity contribution in [2.45, 2.75) is 35.7 Å². The van der Waals surface area contributed by atoms with Crippen LogP contribution in [0.15, 0.2) is 70.7 Å². The molecule has 178 valence electrons. The van der Waals surface area contributed by atoms with Gasteiger partial charge in [0.15, 0.2) is 5.16 Å². The van der Waals surface area contributed by atoms with Gasteiger partial charge >= 0.3 is 0 Å². The summed E-state index contributed by atoms with van der Waals surface area (Å²) >= 11 is 1.47. The first-order valence-corrected chi connectivity index (χ1v) is 14.1. The zero-order chi connectivity index (χ0) is 23.5. The standard InChI is InChI=1S/C25H28N4O3S2/c30-24(27-15-17-28(18-16-27)34(31,32)21-11-5-2-6-12-21)19-33-25-26-22-13-7-8-14-23(22)29(25)20-9-3-1-4-10-20/h1-6,9-12H,7-8,13-19H2. The van der Waals surface area contributed by atoms with Gasteiger partial charge in [0.05, 0.1) is 16.3 Å². The van der Waals surface area contributed by atoms with Crippen molar-refractivity contribution in [2.24, 2.45) is 0 Å². The lowest BCUT2D eigenvalue weighted by atomic mass is 10.0. The maximum absolute atomic E-state index is 13.0. The number of nitrogens with zero attached hydrogens (tertiary/aromatic N) is 4. The average molecular weight is 497 g/mol. The highest BCUT2D eigenvalue weighted by Crippen LogP contribution is 2.31. The summed E-state index contributed by atoms with van der Waals surface area (Å²) in [4.78, 5) is 19.9. The van der Waals surface area contributed by atoms with Crippen LogP contribution in [0.25, 0.3) is 5.69 Å². The third kappa shape index (κ3) is 4.64. The number of para-hydroxylation sites is 1. The van der Waals surface area contributed by atoms with E-state index in [1.807, 2.05) is 18.2 Å². The third-order valence-corrected chi connectivity index (χ3v) is 9.25. The van der Waals surface area contributed by atoms with Crippen molar-refractivity contribution in [3.8, 4) is 5.69 Å². The predicted molar refractivity (Wildman–Crippen MR) is 133 cm³/mol. The number of hydrogen-bond donors (Lipinski definition) is 0. The van der Waals surface area contributed by atoms with Crippen molar-refractivity contribution in [1.82, 2.24) is 18.8 Å². The lowest BCUT2D eigenvalue weighted by Gasteiger charge is -2.34. The van der Waals surface area contributed by atoms with Crippen molar-refractivity contribution < 1.29 is 13.2 Å². The van der Waals surface area contributed by atoms with Gasteiger partial charge in [-0.05, 0) is 49.9 Å². The summed E-state index contributed by atoms with van der Waals surface area (Å²) < 4.78 is 29.4. The lowest BCUT2D eigenvalue weighted by Crippen LogP contribution is -2.50. The van der Waals surface area contributed by atoms with E-state index in [1.54, 1.807) is 35.2 Å². The van der Waals surface area contributed by atoms with Crippen molar-refractivity contribution >= 4 is 27.7 Å². The molecule has 0 unspecified atom stereocenters. The molecule has 0 spiro atoms. The largest absolute Gasteiger partial charge is 0.339 e. The fourth-order valence-corrected chi connectivity index (χ4v) is 6.99. The van der Waals surface area contributed by atoms with Crippen LogP contribution < -0.4 is 0 Å². The van der Waals surface area contributed by atoms with Crippen molar-refractivity contribution in [1.29, 1.82) is 0 Å². The van der Waals surface area contributed by atoms with E-state index < -0.39 is 10.0 Å². The minimum absolute atomic E-state index is 0.0161. The van der Waals surface area contributed by atoms with Crippen LogP contribution in [0.5, 0.6) is 0 Å². The molecule has 1 fully saturated rings. The van der Waals surface area contributed by atoms with Crippen LogP contribution in [0.4, 0.5) is 0 Å². The zero-order valence-electron chi connectivity index (χ0n) is 19.0. The number of carbonyl (C=O) groups is 1. The van der Waals surface area contributed by atoms with Gasteiger partial charge in [0.1, 0.15) is 0 Å². The molecule has 1 aliphatic heterocycles. The smallest absolute Gasteiger partial charge is 0.243 e. The highest BCUT2D eigenvalue weighted by atomic mass is 32.2. The van der Waals surface area contributed by atoms with E-state index in [0.717, 1.165) is 42.2 Å². The molecule has 0 radical (unpaired) electrons. The summed E-state index contributed by atoms with van der Waals surface area (Å²) in [5.74, 6) is 0.302. The molecular weight excluding hydrogens is 468 g/mol. The van der Waals surface area contributed by atoms with Crippen LogP contribution in [0.3, 0.4) is 0 Å². The number of piperazine rings is 1. The number of sulfonamides is 1. The minimum atomic E-state index is -3.53. The number of carbonyl (C=O) groups excluding carboxylic acids is 1. The van der Waals surface area contributed by atoms with Gasteiger partial charge < -0.3 is 4.90 Å². The van der Waals surface area contributed by atoms with E-state index in [-0.39, 0.29) is 11.7 Å². The molecule has 2 aromatic carbocycles. The van der Waals surface area contributed by atoms with Crippen molar-refractivity contribution in [3.63, 3.8) is 0 Å². The normalized spacial score (nSPS) is 16.9. The molecule has 1 aliphatic carbocycles. The monoisotopic (exact) mass is 496 g/mol. The Morgan fingerprint density at radius 1 is 0.882 bits per heavy atom. The first kappa shape index (κ1) is 23.1. The zero-order valence-corrected chi connectivity index (χ0v) is 20.6. The molecule has 5 rings (SSSR count). The Balaban J connectivity index is 1.24. The number of hydrogen-bond acceptors (Lipinski definition) is 5. The summed E-state index contributed by atoms with van der Waals surface area (Å²) in [6.07, 6.45) is 4.29. The highest BCUT2D eigenvalue weighted by molar-refractivity contribution is 7.99. The summed E-state index contributed by atoms with van der Waals surface area (Å²) in [5.41, 5.74) is 3.48. The Bertz CT molecular complexity index is 1250. The first-order chi connectivity index (χ1) is 16.5. The molecule has 0 N–H and O–H groups in total. The Kier molecular flexibility index (Phi) is 6.76. The van der Waals surface area contributed by atoms with Crippen LogP contribution in [-0.4, -0.2) is 65.0 Å². The number of thioether (sulfide) groups is 1. The van der Waals surface area contributed by atoms with Crippen LogP contribution in [0, 0.1) is 0 Å². The number of rotatable bonds is 6. The molecule has 7 nitrogen and oxygen atoms in total. The van der Waals surface area contributed by atoms with Crippen LogP contribution in [-0.2, 0) is 27.7 Å². The first-order valence-electron chi connectivity index (χ1n) is 11.7. The number of aromatic nitrogens is 2. The summed E-state index contributed by atoms with van der Waals surface area (Å²) in [7, 11) is -3.53. The molecule has 34 heavy (non-hydrogen) atoms. The van der Waals surface area contributed by atoms with Crippen molar-refractivity contribution in [2.75, 3.05) is 31.9 Å². The maximum Gasteiger partial charge on any atom is 0.243 e. The molecule has 0 atom stereocenters. The van der Waals surface area contributed by atoms with Crippen LogP contribution in [0.1, 0.15) is 24.2 Å². The van der Waals surface area contributed by atoms with Gasteiger partial charge in [-0.1, -0.05) is 48.2 Å². The summed E-state index contributed by atoms with van der Waals surface area (Å²) in [6, 6.07) is 18.7. The van der Waals surface area contributed by atoms with Gasteiger partial charge in [-0.15, -0.1) is 0 Å². The van der Waals surface area contributed by atoms with E-state index >= 15 is 0 Å². The van der Waals surface area contributed by atoms with Gasteiger partial charge in [0.2, 0.25) is 15.9 Å². The predicted octanol–water partition coefficient (Wildman–Crippen LogP) is 3.38. The van der Waals surface area contributed by atoms with E-state index in [9.17, 15) is 13.2 Å². The number of aryl methyl sites for hydroxylation is 1. The second-order valence-corrected chi connectivity index (χ2v) is 11.4. The Labute approximate surface area is 204 Å². The second-order valence-electron chi connectivity index (χ2n) is 8.55. The maximum atomic E-state index is 13.0. The number of amides is 1. The molecule has 2 heterocycles. The van der Waals surface area contributed by atoms with E-state index in [0.29, 0.717) is 31.1 Å². The minimum Gasteiger partial charge on any atom is -0.339 e. The summed E-state index contributed by atoms with van der Waals surface area (Å²) in [5, 5.41) is 0.858. The molecule has 2 aliphatic rings. The fraction of sp³-hybridized carbons (Fsp3) is 0.360. The van der Waals surface area contributed by atoms with Crippen molar-refractivity contribution in [3.05, 3.63) is 72.1 Å². The molecule has 9 heteroatoms. The number of fused-ring (bicyclic) bond motifs is 1. The van der Waals surface area contributed by atoms with Gasteiger partial charge in [-0.2, -0.15) is 4.31 Å².